The summed E-state index contributed by atoms with van der Waals surface area (Å²) in [5.41, 5.74) is 1.91. The van der Waals surface area contributed by atoms with Crippen molar-refractivity contribution in [3.8, 4) is 11.1 Å². The molecule has 0 aliphatic carbocycles. The van der Waals surface area contributed by atoms with Crippen molar-refractivity contribution in [2.45, 2.75) is 0 Å². The molecule has 0 saturated carbocycles. The van der Waals surface area contributed by atoms with Crippen LogP contribution in [0, 0.1) is 5.82 Å². The minimum Gasteiger partial charge on any atom is -0.480 e. The molecule has 3 rings (SSSR count). The predicted molar refractivity (Wildman–Crippen MR) is 86.5 cm³/mol. The summed E-state index contributed by atoms with van der Waals surface area (Å²) in [6.07, 6.45) is 0. The van der Waals surface area contributed by atoms with Gasteiger partial charge in [0.15, 0.2) is 5.82 Å². The molecule has 0 aliphatic rings. The SMILES string of the molecule is O=C(O)CNC(=O)c1nc2cc(-c3cc(Cl)ccc3F)ccc2[nH]1. The molecule has 1 heterocycles. The lowest BCUT2D eigenvalue weighted by atomic mass is 10.0. The summed E-state index contributed by atoms with van der Waals surface area (Å²) >= 11 is 5.90. The number of amides is 1. The minimum atomic E-state index is -1.15. The second kappa shape index (κ2) is 6.29. The summed E-state index contributed by atoms with van der Waals surface area (Å²) < 4.78 is 14.0. The highest BCUT2D eigenvalue weighted by molar-refractivity contribution is 6.30. The maximum absolute atomic E-state index is 14.0. The van der Waals surface area contributed by atoms with Crippen molar-refractivity contribution in [3.63, 3.8) is 0 Å². The van der Waals surface area contributed by atoms with Gasteiger partial charge in [0.2, 0.25) is 0 Å². The topological polar surface area (TPSA) is 95.1 Å². The van der Waals surface area contributed by atoms with Crippen LogP contribution in [-0.4, -0.2) is 33.5 Å². The van der Waals surface area contributed by atoms with E-state index in [0.717, 1.165) is 0 Å². The second-order valence-electron chi connectivity index (χ2n) is 5.02. The quantitative estimate of drug-likeness (QED) is 0.676. The Hall–Kier alpha value is -2.93. The average Bonchev–Trinajstić information content (AvgIpc) is 2.98. The Balaban J connectivity index is 1.96. The largest absolute Gasteiger partial charge is 0.480 e. The van der Waals surface area contributed by atoms with Crippen LogP contribution in [0.4, 0.5) is 4.39 Å². The molecule has 0 unspecified atom stereocenters. The number of aromatic amines is 1. The van der Waals surface area contributed by atoms with Gasteiger partial charge in [-0.05, 0) is 35.9 Å². The molecule has 0 radical (unpaired) electrons. The number of hydrogen-bond acceptors (Lipinski definition) is 3. The van der Waals surface area contributed by atoms with Crippen LogP contribution in [0.5, 0.6) is 0 Å². The third-order valence-electron chi connectivity index (χ3n) is 3.34. The number of carbonyl (C=O) groups is 2. The van der Waals surface area contributed by atoms with Crippen LogP contribution in [0.1, 0.15) is 10.6 Å². The van der Waals surface area contributed by atoms with Crippen molar-refractivity contribution in [1.29, 1.82) is 0 Å². The first kappa shape index (κ1) is 15.9. The number of rotatable bonds is 4. The molecule has 0 spiro atoms. The van der Waals surface area contributed by atoms with E-state index < -0.39 is 24.2 Å². The number of carbonyl (C=O) groups excluding carboxylic acids is 1. The monoisotopic (exact) mass is 347 g/mol. The molecule has 0 atom stereocenters. The van der Waals surface area contributed by atoms with Gasteiger partial charge in [-0.3, -0.25) is 9.59 Å². The van der Waals surface area contributed by atoms with Crippen LogP contribution >= 0.6 is 11.6 Å². The number of carboxylic acids is 1. The van der Waals surface area contributed by atoms with Crippen molar-refractivity contribution in [2.75, 3.05) is 6.54 Å². The van der Waals surface area contributed by atoms with Crippen LogP contribution in [0.15, 0.2) is 36.4 Å². The van der Waals surface area contributed by atoms with Gasteiger partial charge < -0.3 is 15.4 Å². The maximum atomic E-state index is 14.0. The number of fused-ring (bicyclic) bond motifs is 1. The van der Waals surface area contributed by atoms with Gasteiger partial charge >= 0.3 is 5.97 Å². The summed E-state index contributed by atoms with van der Waals surface area (Å²) in [5.74, 6) is -2.23. The Bertz CT molecular complexity index is 955. The van der Waals surface area contributed by atoms with Crippen LogP contribution in [-0.2, 0) is 4.79 Å². The van der Waals surface area contributed by atoms with Crippen LogP contribution < -0.4 is 5.32 Å². The predicted octanol–water partition coefficient (Wildman–Crippen LogP) is 2.84. The van der Waals surface area contributed by atoms with Gasteiger partial charge in [-0.2, -0.15) is 0 Å². The van der Waals surface area contributed by atoms with Crippen molar-refractivity contribution in [3.05, 3.63) is 53.1 Å². The number of imidazole rings is 1. The van der Waals surface area contributed by atoms with E-state index >= 15 is 0 Å². The van der Waals surface area contributed by atoms with E-state index in [1.54, 1.807) is 18.2 Å². The molecule has 0 bridgehead atoms. The molecule has 6 nitrogen and oxygen atoms in total. The van der Waals surface area contributed by atoms with E-state index in [0.29, 0.717) is 27.2 Å². The number of carboxylic acid groups (broad SMARTS) is 1. The van der Waals surface area contributed by atoms with Crippen molar-refractivity contribution < 1.29 is 19.1 Å². The average molecular weight is 348 g/mol. The van der Waals surface area contributed by atoms with E-state index in [2.05, 4.69) is 15.3 Å². The fourth-order valence-electron chi connectivity index (χ4n) is 2.24. The molecule has 2 aromatic carbocycles. The molecular weight excluding hydrogens is 337 g/mol. The van der Waals surface area contributed by atoms with Crippen LogP contribution in [0.2, 0.25) is 5.02 Å². The number of nitrogens with zero attached hydrogens (tertiary/aromatic N) is 1. The normalized spacial score (nSPS) is 10.8. The Morgan fingerprint density at radius 3 is 2.79 bits per heavy atom. The number of nitrogens with one attached hydrogen (secondary N) is 2. The van der Waals surface area contributed by atoms with E-state index in [-0.39, 0.29) is 5.82 Å². The van der Waals surface area contributed by atoms with Gasteiger partial charge in [0.1, 0.15) is 12.4 Å². The zero-order chi connectivity index (χ0) is 17.3. The minimum absolute atomic E-state index is 0.0185. The molecule has 0 saturated heterocycles. The van der Waals surface area contributed by atoms with E-state index in [4.69, 9.17) is 16.7 Å². The lowest BCUT2D eigenvalue weighted by molar-refractivity contribution is -0.135. The zero-order valence-electron chi connectivity index (χ0n) is 12.1. The second-order valence-corrected chi connectivity index (χ2v) is 5.45. The van der Waals surface area contributed by atoms with E-state index in [1.165, 1.54) is 18.2 Å². The number of halogens is 2. The standard InChI is InChI=1S/C16H11ClFN3O3/c17-9-2-3-11(18)10(6-9)8-1-4-12-13(5-8)21-15(20-12)16(24)19-7-14(22)23/h1-6H,7H2,(H,19,24)(H,20,21)(H,22,23). The maximum Gasteiger partial charge on any atom is 0.322 e. The van der Waals surface area contributed by atoms with Gasteiger partial charge in [-0.1, -0.05) is 17.7 Å². The van der Waals surface area contributed by atoms with Crippen molar-refractivity contribution in [1.82, 2.24) is 15.3 Å². The summed E-state index contributed by atoms with van der Waals surface area (Å²) in [4.78, 5) is 29.2. The lowest BCUT2D eigenvalue weighted by Crippen LogP contribution is -2.29. The highest BCUT2D eigenvalue weighted by atomic mass is 35.5. The summed E-state index contributed by atoms with van der Waals surface area (Å²) in [7, 11) is 0. The van der Waals surface area contributed by atoms with Gasteiger partial charge in [0.05, 0.1) is 11.0 Å². The fourth-order valence-corrected chi connectivity index (χ4v) is 2.41. The zero-order valence-corrected chi connectivity index (χ0v) is 12.9. The molecule has 1 aromatic heterocycles. The number of hydrogen-bond donors (Lipinski definition) is 3. The van der Waals surface area contributed by atoms with Crippen molar-refractivity contribution in [2.24, 2.45) is 0 Å². The highest BCUT2D eigenvalue weighted by Gasteiger charge is 2.14. The van der Waals surface area contributed by atoms with E-state index in [9.17, 15) is 14.0 Å². The molecule has 3 N–H and O–H groups in total. The molecule has 0 aliphatic heterocycles. The first-order valence-electron chi connectivity index (χ1n) is 6.89. The molecule has 122 valence electrons. The highest BCUT2D eigenvalue weighted by Crippen LogP contribution is 2.28. The lowest BCUT2D eigenvalue weighted by Gasteiger charge is -2.04. The third kappa shape index (κ3) is 3.21. The number of benzene rings is 2. The Morgan fingerprint density at radius 2 is 2.04 bits per heavy atom. The van der Waals surface area contributed by atoms with Gasteiger partial charge in [0.25, 0.3) is 5.91 Å². The molecule has 1 amide bonds. The summed E-state index contributed by atoms with van der Waals surface area (Å²) in [6.45, 7) is -0.505. The van der Waals surface area contributed by atoms with Gasteiger partial charge in [-0.15, -0.1) is 0 Å². The first-order valence-corrected chi connectivity index (χ1v) is 7.27. The fraction of sp³-hybridized carbons (Fsp3) is 0.0625. The number of aliphatic carboxylic acids is 1. The van der Waals surface area contributed by atoms with Gasteiger partial charge in [0, 0.05) is 10.6 Å². The van der Waals surface area contributed by atoms with E-state index in [1.807, 2.05) is 0 Å². The Kier molecular flexibility index (Phi) is 4.18. The van der Waals surface area contributed by atoms with Crippen LogP contribution in [0.25, 0.3) is 22.2 Å². The summed E-state index contributed by atoms with van der Waals surface area (Å²) in [6, 6.07) is 9.19. The van der Waals surface area contributed by atoms with Gasteiger partial charge in [-0.25, -0.2) is 9.37 Å². The first-order chi connectivity index (χ1) is 11.4. The van der Waals surface area contributed by atoms with Crippen molar-refractivity contribution >= 4 is 34.5 Å². The molecular formula is C16H11ClFN3O3. The summed E-state index contributed by atoms with van der Waals surface area (Å²) in [5, 5.41) is 11.2. The smallest absolute Gasteiger partial charge is 0.322 e. The molecule has 24 heavy (non-hydrogen) atoms. The van der Waals surface area contributed by atoms with Crippen LogP contribution in [0.3, 0.4) is 0 Å². The Labute approximate surface area is 140 Å². The molecule has 8 heteroatoms. The molecule has 3 aromatic rings. The molecule has 0 fully saturated rings. The Morgan fingerprint density at radius 1 is 1.25 bits per heavy atom. The third-order valence-corrected chi connectivity index (χ3v) is 3.57. The number of aromatic nitrogens is 2. The number of H-pyrrole nitrogens is 1.